The zero-order valence-corrected chi connectivity index (χ0v) is 11.2. The highest BCUT2D eigenvalue weighted by atomic mass is 16.5. The molecule has 0 spiro atoms. The molecule has 6 nitrogen and oxygen atoms in total. The van der Waals surface area contributed by atoms with Crippen molar-refractivity contribution in [2.75, 3.05) is 7.11 Å². The number of nitrogens with two attached hydrogens (primary N) is 1. The smallest absolute Gasteiger partial charge is 0.254 e. The van der Waals surface area contributed by atoms with Gasteiger partial charge in [0.15, 0.2) is 6.10 Å². The van der Waals surface area contributed by atoms with E-state index in [1.165, 1.54) is 7.11 Å². The summed E-state index contributed by atoms with van der Waals surface area (Å²) in [5, 5.41) is 11.0. The highest BCUT2D eigenvalue weighted by molar-refractivity contribution is 5.89. The number of rotatable bonds is 7. The van der Waals surface area contributed by atoms with E-state index in [0.717, 1.165) is 0 Å². The van der Waals surface area contributed by atoms with Crippen LogP contribution >= 0.6 is 0 Å². The van der Waals surface area contributed by atoms with Gasteiger partial charge in [-0.1, -0.05) is 30.3 Å². The van der Waals surface area contributed by atoms with Crippen molar-refractivity contribution >= 4 is 11.8 Å². The maximum absolute atomic E-state index is 12.1. The molecule has 0 saturated carbocycles. The molecule has 0 saturated heterocycles. The van der Waals surface area contributed by atoms with E-state index < -0.39 is 24.0 Å². The van der Waals surface area contributed by atoms with Gasteiger partial charge in [0.1, 0.15) is 6.04 Å². The number of carbonyl (C=O) groups excluding carboxylic acids is 2. The second-order valence-corrected chi connectivity index (χ2v) is 4.19. The number of nitriles is 1. The van der Waals surface area contributed by atoms with Crippen LogP contribution in [0.5, 0.6) is 0 Å². The van der Waals surface area contributed by atoms with Crippen molar-refractivity contribution < 1.29 is 14.3 Å². The van der Waals surface area contributed by atoms with Crippen LogP contribution in [0.25, 0.3) is 0 Å². The first-order valence-corrected chi connectivity index (χ1v) is 6.14. The topological polar surface area (TPSA) is 105 Å². The Morgan fingerprint density at radius 2 is 2.05 bits per heavy atom. The molecular formula is C14H17N3O3. The van der Waals surface area contributed by atoms with Gasteiger partial charge in [0.05, 0.1) is 6.07 Å². The van der Waals surface area contributed by atoms with E-state index in [0.29, 0.717) is 5.56 Å². The van der Waals surface area contributed by atoms with Crippen LogP contribution < -0.4 is 11.1 Å². The third-order valence-electron chi connectivity index (χ3n) is 2.78. The van der Waals surface area contributed by atoms with E-state index >= 15 is 0 Å². The molecule has 1 aromatic rings. The Labute approximate surface area is 117 Å². The third-order valence-corrected chi connectivity index (χ3v) is 2.78. The quantitative estimate of drug-likeness (QED) is 0.762. The fourth-order valence-corrected chi connectivity index (χ4v) is 1.76. The van der Waals surface area contributed by atoms with Gasteiger partial charge in [0.2, 0.25) is 5.91 Å². The average Bonchev–Trinajstić information content (AvgIpc) is 2.45. The lowest BCUT2D eigenvalue weighted by atomic mass is 10.1. The predicted octanol–water partition coefficient (Wildman–Crippen LogP) is 0.648. The summed E-state index contributed by atoms with van der Waals surface area (Å²) in [4.78, 5) is 23.4. The minimum absolute atomic E-state index is 0.136. The highest BCUT2D eigenvalue weighted by Gasteiger charge is 2.24. The molecule has 0 radical (unpaired) electrons. The summed E-state index contributed by atoms with van der Waals surface area (Å²) in [5.74, 6) is -1.13. The number of nitrogens with one attached hydrogen (secondary N) is 1. The van der Waals surface area contributed by atoms with Gasteiger partial charge < -0.3 is 15.8 Å². The van der Waals surface area contributed by atoms with Crippen molar-refractivity contribution in [1.29, 1.82) is 5.26 Å². The second-order valence-electron chi connectivity index (χ2n) is 4.19. The normalized spacial score (nSPS) is 13.0. The van der Waals surface area contributed by atoms with E-state index in [2.05, 4.69) is 5.32 Å². The van der Waals surface area contributed by atoms with Crippen LogP contribution in [0.2, 0.25) is 0 Å². The lowest BCUT2D eigenvalue weighted by Crippen LogP contribution is -2.46. The van der Waals surface area contributed by atoms with Gasteiger partial charge in [-0.15, -0.1) is 0 Å². The fourth-order valence-electron chi connectivity index (χ4n) is 1.76. The van der Waals surface area contributed by atoms with Crippen molar-refractivity contribution in [3.63, 3.8) is 0 Å². The number of hydrogen-bond acceptors (Lipinski definition) is 4. The number of primary amides is 1. The van der Waals surface area contributed by atoms with Crippen LogP contribution in [-0.4, -0.2) is 25.0 Å². The van der Waals surface area contributed by atoms with Crippen molar-refractivity contribution in [3.05, 3.63) is 35.9 Å². The number of methoxy groups -OCH3 is 1. The monoisotopic (exact) mass is 275 g/mol. The Kier molecular flexibility index (Phi) is 6.20. The fraction of sp³-hybridized carbons (Fsp3) is 0.357. The third kappa shape index (κ3) is 4.37. The molecule has 3 N–H and O–H groups in total. The molecule has 1 aromatic carbocycles. The molecule has 0 aliphatic carbocycles. The molecule has 0 fully saturated rings. The first-order chi connectivity index (χ1) is 9.60. The van der Waals surface area contributed by atoms with E-state index in [9.17, 15) is 9.59 Å². The number of hydrogen-bond donors (Lipinski definition) is 2. The zero-order valence-electron chi connectivity index (χ0n) is 11.2. The Bertz CT molecular complexity index is 496. The molecule has 2 atom stereocenters. The van der Waals surface area contributed by atoms with E-state index in [4.69, 9.17) is 15.7 Å². The van der Waals surface area contributed by atoms with Gasteiger partial charge in [-0.2, -0.15) is 5.26 Å². The number of nitrogens with zero attached hydrogens (tertiary/aromatic N) is 1. The molecule has 0 aliphatic rings. The largest absolute Gasteiger partial charge is 0.368 e. The van der Waals surface area contributed by atoms with E-state index in [1.807, 2.05) is 12.1 Å². The number of ether oxygens (including phenoxy) is 1. The van der Waals surface area contributed by atoms with Crippen LogP contribution in [0.3, 0.4) is 0 Å². The first kappa shape index (κ1) is 15.7. The zero-order chi connectivity index (χ0) is 15.0. The SMILES string of the molecule is CO[C@@H](C(=O)N[C@H](CCC#N)C(N)=O)c1ccccc1. The Balaban J connectivity index is 2.76. The lowest BCUT2D eigenvalue weighted by molar-refractivity contribution is -0.135. The summed E-state index contributed by atoms with van der Waals surface area (Å²) in [6.07, 6.45) is -0.500. The summed E-state index contributed by atoms with van der Waals surface area (Å²) in [6, 6.07) is 9.95. The number of carbonyl (C=O) groups is 2. The van der Waals surface area contributed by atoms with Crippen molar-refractivity contribution in [2.45, 2.75) is 25.0 Å². The average molecular weight is 275 g/mol. The molecule has 2 amide bonds. The highest BCUT2D eigenvalue weighted by Crippen LogP contribution is 2.16. The standard InChI is InChI=1S/C14H17N3O3/c1-20-12(10-6-3-2-4-7-10)14(19)17-11(13(16)18)8-5-9-15/h2-4,6-7,11-12H,5,8H2,1H3,(H2,16,18)(H,17,19)/t11-,12-/m1/s1. The maximum atomic E-state index is 12.1. The second kappa shape index (κ2) is 7.92. The van der Waals surface area contributed by atoms with Gasteiger partial charge >= 0.3 is 0 Å². The lowest BCUT2D eigenvalue weighted by Gasteiger charge is -2.19. The van der Waals surface area contributed by atoms with Gasteiger partial charge in [-0.05, 0) is 12.0 Å². The minimum atomic E-state index is -0.872. The van der Waals surface area contributed by atoms with Crippen LogP contribution in [-0.2, 0) is 14.3 Å². The van der Waals surface area contributed by atoms with Crippen LogP contribution in [0.1, 0.15) is 24.5 Å². The molecule has 6 heteroatoms. The predicted molar refractivity (Wildman–Crippen MR) is 72.2 cm³/mol. The molecule has 0 heterocycles. The van der Waals surface area contributed by atoms with E-state index in [1.54, 1.807) is 24.3 Å². The number of benzene rings is 1. The Morgan fingerprint density at radius 3 is 2.55 bits per heavy atom. The molecule has 106 valence electrons. The maximum Gasteiger partial charge on any atom is 0.254 e. The van der Waals surface area contributed by atoms with Crippen molar-refractivity contribution in [1.82, 2.24) is 5.32 Å². The summed E-state index contributed by atoms with van der Waals surface area (Å²) >= 11 is 0. The van der Waals surface area contributed by atoms with Gasteiger partial charge in [0.25, 0.3) is 5.91 Å². The van der Waals surface area contributed by atoms with Gasteiger partial charge in [0, 0.05) is 13.5 Å². The van der Waals surface area contributed by atoms with E-state index in [-0.39, 0.29) is 12.8 Å². The first-order valence-electron chi connectivity index (χ1n) is 6.14. The number of amides is 2. The summed E-state index contributed by atoms with van der Waals surface area (Å²) in [7, 11) is 1.41. The minimum Gasteiger partial charge on any atom is -0.368 e. The summed E-state index contributed by atoms with van der Waals surface area (Å²) in [6.45, 7) is 0. The van der Waals surface area contributed by atoms with Gasteiger partial charge in [-0.3, -0.25) is 9.59 Å². The van der Waals surface area contributed by atoms with Crippen molar-refractivity contribution in [3.8, 4) is 6.07 Å². The Morgan fingerprint density at radius 1 is 1.40 bits per heavy atom. The Hall–Kier alpha value is -2.39. The van der Waals surface area contributed by atoms with Gasteiger partial charge in [-0.25, -0.2) is 0 Å². The molecule has 0 bridgehead atoms. The molecule has 0 aromatic heterocycles. The van der Waals surface area contributed by atoms with Crippen LogP contribution in [0, 0.1) is 11.3 Å². The van der Waals surface area contributed by atoms with Crippen LogP contribution in [0.4, 0.5) is 0 Å². The summed E-state index contributed by atoms with van der Waals surface area (Å²) in [5.41, 5.74) is 5.88. The summed E-state index contributed by atoms with van der Waals surface area (Å²) < 4.78 is 5.15. The molecule has 20 heavy (non-hydrogen) atoms. The molecule has 0 aliphatic heterocycles. The van der Waals surface area contributed by atoms with Crippen LogP contribution in [0.15, 0.2) is 30.3 Å². The van der Waals surface area contributed by atoms with Crippen molar-refractivity contribution in [2.24, 2.45) is 5.73 Å². The molecule has 1 rings (SSSR count). The molecule has 0 unspecified atom stereocenters. The molecular weight excluding hydrogens is 258 g/mol.